The van der Waals surface area contributed by atoms with E-state index in [2.05, 4.69) is 4.74 Å². The maximum Gasteiger partial charge on any atom is 0.306 e. The van der Waals surface area contributed by atoms with Crippen molar-refractivity contribution in [3.05, 3.63) is 81.9 Å². The van der Waals surface area contributed by atoms with E-state index in [1.165, 1.54) is 18.9 Å². The van der Waals surface area contributed by atoms with E-state index >= 15 is 0 Å². The highest BCUT2D eigenvalue weighted by atomic mass is 32.2. The zero-order chi connectivity index (χ0) is 17.4. The van der Waals surface area contributed by atoms with Crippen LogP contribution in [-0.4, -0.2) is 23.8 Å². The van der Waals surface area contributed by atoms with Crippen LogP contribution in [-0.2, 0) is 9.53 Å². The molecule has 2 rings (SSSR count). The number of benzene rings is 2. The molecule has 0 aromatic heterocycles. The van der Waals surface area contributed by atoms with Gasteiger partial charge in [0.1, 0.15) is 0 Å². The van der Waals surface area contributed by atoms with Gasteiger partial charge in [-0.05, 0) is 17.7 Å². The van der Waals surface area contributed by atoms with Crippen molar-refractivity contribution in [2.75, 3.05) is 12.9 Å². The number of ether oxygens (including phenoxy) is 1. The van der Waals surface area contributed by atoms with E-state index in [0.717, 1.165) is 5.56 Å². The van der Waals surface area contributed by atoms with Crippen LogP contribution in [0.5, 0.6) is 0 Å². The summed E-state index contributed by atoms with van der Waals surface area (Å²) in [5.74, 6) is 0.0680. The van der Waals surface area contributed by atoms with Gasteiger partial charge >= 0.3 is 5.97 Å². The highest BCUT2D eigenvalue weighted by molar-refractivity contribution is 8.08. The Labute approximate surface area is 144 Å². The summed E-state index contributed by atoms with van der Waals surface area (Å²) in [5, 5.41) is 11.7. The van der Waals surface area contributed by atoms with Gasteiger partial charge in [-0.1, -0.05) is 48.5 Å². The molecule has 0 N–H and O–H groups in total. The second-order valence-electron chi connectivity index (χ2n) is 4.84. The van der Waals surface area contributed by atoms with E-state index in [1.54, 1.807) is 24.3 Å². The smallest absolute Gasteiger partial charge is 0.306 e. The molecule has 2 aromatic rings. The van der Waals surface area contributed by atoms with Crippen LogP contribution in [0, 0.1) is 10.1 Å². The fraction of sp³-hybridized carbons (Fsp3) is 0.167. The molecule has 0 aliphatic rings. The Balaban J connectivity index is 2.45. The highest BCUT2D eigenvalue weighted by Gasteiger charge is 2.23. The van der Waals surface area contributed by atoms with Gasteiger partial charge in [-0.25, -0.2) is 0 Å². The third kappa shape index (κ3) is 4.70. The number of esters is 1. The SMILES string of the molecule is COC(=O)CCS/C(=C(\c1ccccc1)[N+](=O)[O-])c1ccccc1. The lowest BCUT2D eigenvalue weighted by Crippen LogP contribution is -2.04. The van der Waals surface area contributed by atoms with E-state index in [9.17, 15) is 14.9 Å². The molecule has 5 nitrogen and oxygen atoms in total. The van der Waals surface area contributed by atoms with Crippen LogP contribution in [0.1, 0.15) is 17.5 Å². The van der Waals surface area contributed by atoms with Crippen LogP contribution in [0.2, 0.25) is 0 Å². The lowest BCUT2D eigenvalue weighted by Gasteiger charge is -2.09. The fourth-order valence-electron chi connectivity index (χ4n) is 2.13. The van der Waals surface area contributed by atoms with Crippen LogP contribution in [0.15, 0.2) is 60.7 Å². The largest absolute Gasteiger partial charge is 0.469 e. The van der Waals surface area contributed by atoms with Gasteiger partial charge in [-0.2, -0.15) is 0 Å². The number of hydrogen-bond donors (Lipinski definition) is 0. The quantitative estimate of drug-likeness (QED) is 0.328. The Hall–Kier alpha value is -2.60. The summed E-state index contributed by atoms with van der Waals surface area (Å²) < 4.78 is 4.63. The minimum atomic E-state index is -0.372. The molecule has 0 atom stereocenters. The number of thioether (sulfide) groups is 1. The number of methoxy groups -OCH3 is 1. The maximum atomic E-state index is 11.7. The predicted molar refractivity (Wildman–Crippen MR) is 95.8 cm³/mol. The summed E-state index contributed by atoms with van der Waals surface area (Å²) in [4.78, 5) is 23.2. The Morgan fingerprint density at radius 2 is 1.58 bits per heavy atom. The van der Waals surface area contributed by atoms with Crippen molar-refractivity contribution in [2.24, 2.45) is 0 Å². The van der Waals surface area contributed by atoms with E-state index in [4.69, 9.17) is 0 Å². The third-order valence-electron chi connectivity index (χ3n) is 3.26. The first-order valence-corrected chi connectivity index (χ1v) is 8.31. The average molecular weight is 343 g/mol. The van der Waals surface area contributed by atoms with Gasteiger partial charge in [0.25, 0.3) is 5.70 Å². The number of nitrogens with zero attached hydrogens (tertiary/aromatic N) is 1. The average Bonchev–Trinajstić information content (AvgIpc) is 2.62. The molecule has 0 radical (unpaired) electrons. The van der Waals surface area contributed by atoms with Crippen LogP contribution >= 0.6 is 11.8 Å². The van der Waals surface area contributed by atoms with Gasteiger partial charge < -0.3 is 4.74 Å². The Morgan fingerprint density at radius 3 is 2.08 bits per heavy atom. The molecule has 0 aliphatic heterocycles. The topological polar surface area (TPSA) is 69.4 Å². The normalized spacial score (nSPS) is 11.5. The summed E-state index contributed by atoms with van der Waals surface area (Å²) in [7, 11) is 1.33. The molecule has 124 valence electrons. The van der Waals surface area contributed by atoms with Gasteiger partial charge in [0.15, 0.2) is 0 Å². The van der Waals surface area contributed by atoms with E-state index < -0.39 is 0 Å². The number of carbonyl (C=O) groups is 1. The molecule has 0 fully saturated rings. The zero-order valence-electron chi connectivity index (χ0n) is 13.2. The first-order chi connectivity index (χ1) is 11.6. The molecule has 24 heavy (non-hydrogen) atoms. The minimum absolute atomic E-state index is 0.0386. The minimum Gasteiger partial charge on any atom is -0.469 e. The molecule has 2 aromatic carbocycles. The van der Waals surface area contributed by atoms with Crippen molar-refractivity contribution in [3.63, 3.8) is 0 Å². The number of rotatable bonds is 7. The predicted octanol–water partition coefficient (Wildman–Crippen LogP) is 4.09. The molecular formula is C18H17NO4S. The molecule has 6 heteroatoms. The molecule has 0 saturated heterocycles. The van der Waals surface area contributed by atoms with Gasteiger partial charge in [0, 0.05) is 5.75 Å². The van der Waals surface area contributed by atoms with Gasteiger partial charge in [0.05, 0.1) is 28.9 Å². The molecule has 0 saturated carbocycles. The van der Waals surface area contributed by atoms with Crippen molar-refractivity contribution in [1.82, 2.24) is 0 Å². The first-order valence-electron chi connectivity index (χ1n) is 7.32. The van der Waals surface area contributed by atoms with Crippen molar-refractivity contribution in [1.29, 1.82) is 0 Å². The summed E-state index contributed by atoms with van der Waals surface area (Å²) in [5.41, 5.74) is 1.33. The zero-order valence-corrected chi connectivity index (χ0v) is 14.0. The number of nitro groups is 1. The Bertz CT molecular complexity index is 729. The Kier molecular flexibility index (Phi) is 6.57. The second-order valence-corrected chi connectivity index (χ2v) is 5.95. The monoisotopic (exact) mass is 343 g/mol. The van der Waals surface area contributed by atoms with Crippen molar-refractivity contribution < 1.29 is 14.5 Å². The van der Waals surface area contributed by atoms with Gasteiger partial charge in [0.2, 0.25) is 0 Å². The highest BCUT2D eigenvalue weighted by Crippen LogP contribution is 2.36. The lowest BCUT2D eigenvalue weighted by atomic mass is 10.1. The molecular weight excluding hydrogens is 326 g/mol. The number of hydrogen-bond acceptors (Lipinski definition) is 5. The fourth-order valence-corrected chi connectivity index (χ4v) is 3.24. The Morgan fingerprint density at radius 1 is 1.04 bits per heavy atom. The van der Waals surface area contributed by atoms with E-state index in [1.807, 2.05) is 36.4 Å². The standard InChI is InChI=1S/C18H17NO4S/c1-23-16(20)12-13-24-18(15-10-6-3-7-11-15)17(19(21)22)14-8-4-2-5-9-14/h2-11H,12-13H2,1H3/b18-17+. The molecule has 0 bridgehead atoms. The van der Waals surface area contributed by atoms with Crippen LogP contribution in [0.3, 0.4) is 0 Å². The maximum absolute atomic E-state index is 11.7. The van der Waals surface area contributed by atoms with E-state index in [0.29, 0.717) is 16.2 Å². The van der Waals surface area contributed by atoms with Crippen molar-refractivity contribution >= 4 is 28.3 Å². The van der Waals surface area contributed by atoms with E-state index in [-0.39, 0.29) is 23.0 Å². The molecule has 0 amide bonds. The molecule has 0 spiro atoms. The molecule has 0 aliphatic carbocycles. The van der Waals surface area contributed by atoms with Gasteiger partial charge in [-0.3, -0.25) is 14.9 Å². The molecule has 0 heterocycles. The summed E-state index contributed by atoms with van der Waals surface area (Å²) in [6.07, 6.45) is 0.192. The van der Waals surface area contributed by atoms with Crippen molar-refractivity contribution in [2.45, 2.75) is 6.42 Å². The summed E-state index contributed by atoms with van der Waals surface area (Å²) in [6, 6.07) is 17.9. The summed E-state index contributed by atoms with van der Waals surface area (Å²) >= 11 is 1.29. The van der Waals surface area contributed by atoms with Gasteiger partial charge in [-0.15, -0.1) is 11.8 Å². The lowest BCUT2D eigenvalue weighted by molar-refractivity contribution is -0.374. The second kappa shape index (κ2) is 8.88. The summed E-state index contributed by atoms with van der Waals surface area (Å²) in [6.45, 7) is 0. The number of carbonyl (C=O) groups excluding carboxylic acids is 1. The van der Waals surface area contributed by atoms with Crippen LogP contribution in [0.25, 0.3) is 10.6 Å². The molecule has 0 unspecified atom stereocenters. The van der Waals surface area contributed by atoms with Crippen LogP contribution < -0.4 is 0 Å². The third-order valence-corrected chi connectivity index (χ3v) is 4.39. The van der Waals surface area contributed by atoms with Crippen LogP contribution in [0.4, 0.5) is 0 Å². The van der Waals surface area contributed by atoms with Crippen molar-refractivity contribution in [3.8, 4) is 0 Å². The first kappa shape index (κ1) is 17.7.